The molecule has 23 heavy (non-hydrogen) atoms. The molecule has 0 bridgehead atoms. The van der Waals surface area contributed by atoms with Crippen LogP contribution in [0.1, 0.15) is 12.5 Å². The van der Waals surface area contributed by atoms with Gasteiger partial charge in [0.05, 0.1) is 13.2 Å². The number of carbonyl (C=O) groups excluding carboxylic acids is 3. The van der Waals surface area contributed by atoms with Crippen molar-refractivity contribution >= 4 is 23.5 Å². The van der Waals surface area contributed by atoms with Crippen molar-refractivity contribution in [3.05, 3.63) is 29.8 Å². The molecule has 4 N–H and O–H groups in total. The number of hydrogen-bond donors (Lipinski definition) is 4. The number of carbonyl (C=O) groups is 3. The fraction of sp³-hybridized carbons (Fsp3) is 0.400. The van der Waals surface area contributed by atoms with Gasteiger partial charge in [-0.1, -0.05) is 12.1 Å². The van der Waals surface area contributed by atoms with Crippen LogP contribution >= 0.6 is 0 Å². The number of rotatable bonds is 7. The molecular formula is C15H20N4O4. The van der Waals surface area contributed by atoms with Crippen LogP contribution in [0.4, 0.5) is 10.5 Å². The largest absolute Gasteiger partial charge is 0.383 e. The van der Waals surface area contributed by atoms with Crippen LogP contribution in [0.3, 0.4) is 0 Å². The number of benzene rings is 1. The number of hydrogen-bond acceptors (Lipinski definition) is 5. The summed E-state index contributed by atoms with van der Waals surface area (Å²) in [5.74, 6) is -0.629. The molecule has 1 unspecified atom stereocenters. The third-order valence-electron chi connectivity index (χ3n) is 3.54. The van der Waals surface area contributed by atoms with Gasteiger partial charge in [0.15, 0.2) is 0 Å². The van der Waals surface area contributed by atoms with Crippen LogP contribution in [-0.2, 0) is 19.9 Å². The van der Waals surface area contributed by atoms with E-state index in [0.29, 0.717) is 24.4 Å². The van der Waals surface area contributed by atoms with Gasteiger partial charge in [-0.2, -0.15) is 0 Å². The summed E-state index contributed by atoms with van der Waals surface area (Å²) in [4.78, 5) is 35.1. The van der Waals surface area contributed by atoms with E-state index in [1.54, 1.807) is 38.3 Å². The second-order valence-corrected chi connectivity index (χ2v) is 5.33. The zero-order valence-electron chi connectivity index (χ0n) is 13.1. The number of anilines is 1. The fourth-order valence-electron chi connectivity index (χ4n) is 2.24. The van der Waals surface area contributed by atoms with E-state index in [1.807, 2.05) is 0 Å². The molecule has 0 aromatic heterocycles. The van der Waals surface area contributed by atoms with E-state index in [9.17, 15) is 14.4 Å². The first kappa shape index (κ1) is 16.9. The predicted octanol–water partition coefficient (Wildman–Crippen LogP) is -0.0843. The van der Waals surface area contributed by atoms with E-state index in [0.717, 1.165) is 0 Å². The summed E-state index contributed by atoms with van der Waals surface area (Å²) in [5, 5.41) is 10.5. The summed E-state index contributed by atoms with van der Waals surface area (Å²) in [6.07, 6.45) is 0. The predicted molar refractivity (Wildman–Crippen MR) is 83.8 cm³/mol. The minimum absolute atomic E-state index is 0.155. The van der Waals surface area contributed by atoms with Crippen LogP contribution in [0.2, 0.25) is 0 Å². The molecule has 8 heteroatoms. The van der Waals surface area contributed by atoms with E-state index in [1.165, 1.54) is 0 Å². The average molecular weight is 320 g/mol. The Morgan fingerprint density at radius 3 is 2.78 bits per heavy atom. The highest BCUT2D eigenvalue weighted by Crippen LogP contribution is 2.26. The van der Waals surface area contributed by atoms with E-state index < -0.39 is 17.5 Å². The zero-order chi connectivity index (χ0) is 16.9. The number of imide groups is 1. The first-order chi connectivity index (χ1) is 11.0. The first-order valence-corrected chi connectivity index (χ1v) is 7.19. The summed E-state index contributed by atoms with van der Waals surface area (Å²) in [5.41, 5.74) is -0.00338. The molecule has 1 saturated heterocycles. The van der Waals surface area contributed by atoms with Crippen LogP contribution in [0.5, 0.6) is 0 Å². The lowest BCUT2D eigenvalue weighted by Gasteiger charge is -2.21. The smallest absolute Gasteiger partial charge is 0.322 e. The molecule has 124 valence electrons. The molecule has 1 aromatic carbocycles. The van der Waals surface area contributed by atoms with Crippen molar-refractivity contribution < 1.29 is 19.1 Å². The second-order valence-electron chi connectivity index (χ2n) is 5.33. The highest BCUT2D eigenvalue weighted by Gasteiger charge is 2.43. The average Bonchev–Trinajstić information content (AvgIpc) is 2.78. The zero-order valence-corrected chi connectivity index (χ0v) is 13.1. The molecule has 0 radical (unpaired) electrons. The Hall–Kier alpha value is -2.45. The third-order valence-corrected chi connectivity index (χ3v) is 3.54. The van der Waals surface area contributed by atoms with Gasteiger partial charge in [-0.15, -0.1) is 0 Å². The third kappa shape index (κ3) is 4.05. The lowest BCUT2D eigenvalue weighted by Crippen LogP contribution is -2.40. The fourth-order valence-corrected chi connectivity index (χ4v) is 2.24. The topological polar surface area (TPSA) is 109 Å². The van der Waals surface area contributed by atoms with E-state index in [4.69, 9.17) is 4.74 Å². The van der Waals surface area contributed by atoms with Crippen molar-refractivity contribution in [2.45, 2.75) is 12.5 Å². The SMILES string of the molecule is COCCNCC(=O)Nc1cccc(C2(C)NC(=O)NC2=O)c1. The lowest BCUT2D eigenvalue weighted by molar-refractivity contribution is -0.123. The van der Waals surface area contributed by atoms with Gasteiger partial charge in [-0.05, 0) is 24.6 Å². The number of methoxy groups -OCH3 is 1. The van der Waals surface area contributed by atoms with Crippen molar-refractivity contribution in [2.75, 3.05) is 32.1 Å². The molecule has 1 aromatic rings. The molecule has 2 rings (SSSR count). The molecule has 4 amide bonds. The van der Waals surface area contributed by atoms with Gasteiger partial charge < -0.3 is 20.7 Å². The molecular weight excluding hydrogens is 300 g/mol. The lowest BCUT2D eigenvalue weighted by atomic mass is 9.92. The van der Waals surface area contributed by atoms with E-state index in [-0.39, 0.29) is 12.5 Å². The molecule has 1 aliphatic rings. The van der Waals surface area contributed by atoms with Crippen LogP contribution in [0, 0.1) is 0 Å². The Balaban J connectivity index is 2.01. The quantitative estimate of drug-likeness (QED) is 0.415. The summed E-state index contributed by atoms with van der Waals surface area (Å²) in [6, 6.07) is 6.28. The van der Waals surface area contributed by atoms with Gasteiger partial charge in [0.25, 0.3) is 5.91 Å². The standard InChI is InChI=1S/C15H20N4O4/c1-15(13(21)18-14(22)19-15)10-4-3-5-11(8-10)17-12(20)9-16-6-7-23-2/h3-5,8,16H,6-7,9H2,1-2H3,(H,17,20)(H2,18,19,21,22). The molecule has 0 spiro atoms. The van der Waals surface area contributed by atoms with Crippen LogP contribution in [0.15, 0.2) is 24.3 Å². The Labute approximate surface area is 134 Å². The molecule has 0 saturated carbocycles. The van der Waals surface area contributed by atoms with Crippen molar-refractivity contribution in [1.82, 2.24) is 16.0 Å². The van der Waals surface area contributed by atoms with Gasteiger partial charge in [-0.25, -0.2) is 4.79 Å². The molecule has 1 atom stereocenters. The van der Waals surface area contributed by atoms with Gasteiger partial charge in [-0.3, -0.25) is 14.9 Å². The Morgan fingerprint density at radius 2 is 2.13 bits per heavy atom. The summed E-state index contributed by atoms with van der Waals surface area (Å²) < 4.78 is 4.88. The molecule has 0 aliphatic carbocycles. The van der Waals surface area contributed by atoms with E-state index in [2.05, 4.69) is 21.3 Å². The highest BCUT2D eigenvalue weighted by molar-refractivity contribution is 6.07. The van der Waals surface area contributed by atoms with Gasteiger partial charge in [0.2, 0.25) is 5.91 Å². The first-order valence-electron chi connectivity index (χ1n) is 7.19. The van der Waals surface area contributed by atoms with Gasteiger partial charge in [0.1, 0.15) is 5.54 Å². The Kier molecular flexibility index (Phi) is 5.30. The summed E-state index contributed by atoms with van der Waals surface area (Å²) in [6.45, 7) is 2.87. The van der Waals surface area contributed by atoms with Crippen molar-refractivity contribution in [3.63, 3.8) is 0 Å². The normalized spacial score (nSPS) is 20.1. The number of urea groups is 1. The molecule has 1 aliphatic heterocycles. The van der Waals surface area contributed by atoms with Gasteiger partial charge in [0, 0.05) is 19.3 Å². The minimum atomic E-state index is -1.14. The Morgan fingerprint density at radius 1 is 1.35 bits per heavy atom. The summed E-state index contributed by atoms with van der Waals surface area (Å²) in [7, 11) is 1.59. The monoisotopic (exact) mass is 320 g/mol. The maximum absolute atomic E-state index is 11.9. The highest BCUT2D eigenvalue weighted by atomic mass is 16.5. The maximum atomic E-state index is 11.9. The number of ether oxygens (including phenoxy) is 1. The molecule has 1 heterocycles. The van der Waals surface area contributed by atoms with Crippen LogP contribution < -0.4 is 21.3 Å². The number of amides is 4. The summed E-state index contributed by atoms with van der Waals surface area (Å²) >= 11 is 0. The van der Waals surface area contributed by atoms with Gasteiger partial charge >= 0.3 is 6.03 Å². The van der Waals surface area contributed by atoms with Crippen LogP contribution in [-0.4, -0.2) is 44.7 Å². The minimum Gasteiger partial charge on any atom is -0.383 e. The maximum Gasteiger partial charge on any atom is 0.322 e. The van der Waals surface area contributed by atoms with Crippen molar-refractivity contribution in [2.24, 2.45) is 0 Å². The van der Waals surface area contributed by atoms with Crippen molar-refractivity contribution in [3.8, 4) is 0 Å². The molecule has 8 nitrogen and oxygen atoms in total. The second kappa shape index (κ2) is 7.21. The molecule has 1 fully saturated rings. The number of nitrogens with one attached hydrogen (secondary N) is 4. The van der Waals surface area contributed by atoms with E-state index >= 15 is 0 Å². The Bertz CT molecular complexity index is 619. The van der Waals surface area contributed by atoms with Crippen molar-refractivity contribution in [1.29, 1.82) is 0 Å². The van der Waals surface area contributed by atoms with Crippen LogP contribution in [0.25, 0.3) is 0 Å².